The minimum Gasteiger partial charge on any atom is -0.367 e. The van der Waals surface area contributed by atoms with Crippen molar-refractivity contribution in [2.75, 3.05) is 43.4 Å². The van der Waals surface area contributed by atoms with Crippen LogP contribution in [0.25, 0.3) is 0 Å². The van der Waals surface area contributed by atoms with Crippen molar-refractivity contribution in [3.05, 3.63) is 95.3 Å². The average Bonchev–Trinajstić information content (AvgIpc) is 2.93. The van der Waals surface area contributed by atoms with Gasteiger partial charge in [-0.3, -0.25) is 9.59 Å². The van der Waals surface area contributed by atoms with Crippen LogP contribution >= 0.6 is 0 Å². The van der Waals surface area contributed by atoms with Crippen molar-refractivity contribution in [3.8, 4) is 0 Å². The smallest absolute Gasteiger partial charge is 0.317 e. The Kier molecular flexibility index (Phi) is 8.81. The Labute approximate surface area is 228 Å². The number of anilines is 2. The molecule has 0 bridgehead atoms. The first-order chi connectivity index (χ1) is 18.7. The lowest BCUT2D eigenvalue weighted by Gasteiger charge is -2.37. The van der Waals surface area contributed by atoms with E-state index in [-0.39, 0.29) is 23.5 Å². The molecule has 4 rings (SSSR count). The fraction of sp³-hybridized carbons (Fsp3) is 0.300. The van der Waals surface area contributed by atoms with Crippen LogP contribution < -0.4 is 15.5 Å². The minimum atomic E-state index is -0.620. The van der Waals surface area contributed by atoms with Gasteiger partial charge >= 0.3 is 6.03 Å². The minimum absolute atomic E-state index is 0.0482. The van der Waals surface area contributed by atoms with Gasteiger partial charge in [-0.05, 0) is 49.7 Å². The monoisotopic (exact) mass is 531 g/mol. The van der Waals surface area contributed by atoms with E-state index in [4.69, 9.17) is 0 Å². The second-order valence-corrected chi connectivity index (χ2v) is 9.89. The molecule has 1 aliphatic heterocycles. The number of nitrogens with one attached hydrogen (secondary N) is 2. The fourth-order valence-corrected chi connectivity index (χ4v) is 4.53. The van der Waals surface area contributed by atoms with E-state index in [2.05, 4.69) is 15.5 Å². The van der Waals surface area contributed by atoms with E-state index in [1.54, 1.807) is 41.1 Å². The molecule has 1 aliphatic rings. The normalized spacial score (nSPS) is 13.3. The van der Waals surface area contributed by atoms with E-state index in [9.17, 15) is 18.8 Å². The molecule has 3 aromatic carbocycles. The van der Waals surface area contributed by atoms with Gasteiger partial charge in [0, 0.05) is 57.2 Å². The lowest BCUT2D eigenvalue weighted by atomic mass is 10.1. The van der Waals surface area contributed by atoms with Crippen molar-refractivity contribution in [3.63, 3.8) is 0 Å². The molecule has 204 valence electrons. The number of piperazine rings is 1. The first kappa shape index (κ1) is 27.6. The third-order valence-electron chi connectivity index (χ3n) is 6.53. The highest BCUT2D eigenvalue weighted by Crippen LogP contribution is 2.28. The zero-order valence-corrected chi connectivity index (χ0v) is 22.5. The van der Waals surface area contributed by atoms with E-state index in [1.165, 1.54) is 18.2 Å². The molecule has 0 spiro atoms. The molecule has 0 unspecified atom stereocenters. The average molecular weight is 532 g/mol. The van der Waals surface area contributed by atoms with Gasteiger partial charge in [-0.15, -0.1) is 0 Å². The second kappa shape index (κ2) is 12.4. The van der Waals surface area contributed by atoms with Crippen LogP contribution in [-0.2, 0) is 6.54 Å². The molecular formula is C30H34FN5O3. The summed E-state index contributed by atoms with van der Waals surface area (Å²) < 4.78 is 14.2. The molecule has 4 amide bonds. The molecule has 1 saturated heterocycles. The van der Waals surface area contributed by atoms with E-state index in [0.717, 1.165) is 5.56 Å². The van der Waals surface area contributed by atoms with Crippen molar-refractivity contribution in [2.24, 2.45) is 0 Å². The largest absolute Gasteiger partial charge is 0.367 e. The Morgan fingerprint density at radius 2 is 1.56 bits per heavy atom. The Bertz CT molecular complexity index is 1320. The van der Waals surface area contributed by atoms with E-state index in [0.29, 0.717) is 49.7 Å². The summed E-state index contributed by atoms with van der Waals surface area (Å²) >= 11 is 0. The third-order valence-corrected chi connectivity index (χ3v) is 6.53. The molecule has 0 aliphatic carbocycles. The van der Waals surface area contributed by atoms with Gasteiger partial charge in [0.15, 0.2) is 0 Å². The van der Waals surface area contributed by atoms with Gasteiger partial charge in [-0.1, -0.05) is 42.5 Å². The van der Waals surface area contributed by atoms with Crippen molar-refractivity contribution < 1.29 is 18.8 Å². The maximum atomic E-state index is 14.2. The molecule has 39 heavy (non-hydrogen) atoms. The molecule has 1 heterocycles. The number of nitrogens with zero attached hydrogens (tertiary/aromatic N) is 3. The zero-order valence-electron chi connectivity index (χ0n) is 22.5. The number of amides is 4. The number of halogens is 1. The summed E-state index contributed by atoms with van der Waals surface area (Å²) in [6.07, 6.45) is 0. The lowest BCUT2D eigenvalue weighted by molar-refractivity contribution is 0.0785. The SMILES string of the molecule is CC(C)NC(=O)N1CCN(c2ccc(NC(=O)c3ccccc3F)cc2C(=O)N(C)Cc2ccccc2)CC1. The Hall–Kier alpha value is -4.40. The molecule has 0 aromatic heterocycles. The molecule has 0 radical (unpaired) electrons. The number of carbonyl (C=O) groups is 3. The van der Waals surface area contributed by atoms with Gasteiger partial charge in [-0.25, -0.2) is 9.18 Å². The summed E-state index contributed by atoms with van der Waals surface area (Å²) in [4.78, 5) is 44.4. The van der Waals surface area contributed by atoms with Crippen LogP contribution in [0.5, 0.6) is 0 Å². The molecular weight excluding hydrogens is 497 g/mol. The first-order valence-corrected chi connectivity index (χ1v) is 13.0. The quantitative estimate of drug-likeness (QED) is 0.467. The van der Waals surface area contributed by atoms with Gasteiger partial charge in [0.1, 0.15) is 5.82 Å². The van der Waals surface area contributed by atoms with Gasteiger partial charge in [0.2, 0.25) is 0 Å². The molecule has 2 N–H and O–H groups in total. The van der Waals surface area contributed by atoms with Gasteiger partial charge in [0.05, 0.1) is 11.1 Å². The Balaban J connectivity index is 1.58. The standard InChI is InChI=1S/C30H34FN5O3/c1-21(2)32-30(39)36-17-15-35(16-18-36)27-14-13-23(33-28(37)24-11-7-8-12-26(24)31)19-25(27)29(38)34(3)20-22-9-5-4-6-10-22/h4-14,19,21H,15-18,20H2,1-3H3,(H,32,39)(H,33,37). The molecule has 1 fully saturated rings. The van der Waals surface area contributed by atoms with Crippen LogP contribution in [0.3, 0.4) is 0 Å². The number of benzene rings is 3. The highest BCUT2D eigenvalue weighted by atomic mass is 19.1. The summed E-state index contributed by atoms with van der Waals surface area (Å²) in [5.74, 6) is -1.43. The van der Waals surface area contributed by atoms with Crippen molar-refractivity contribution >= 4 is 29.2 Å². The van der Waals surface area contributed by atoms with Crippen LogP contribution in [0.2, 0.25) is 0 Å². The maximum absolute atomic E-state index is 14.2. The molecule has 0 saturated carbocycles. The molecule has 3 aromatic rings. The van der Waals surface area contributed by atoms with Gasteiger partial charge < -0.3 is 25.3 Å². The van der Waals surface area contributed by atoms with Crippen LogP contribution in [0, 0.1) is 5.82 Å². The number of hydrogen-bond donors (Lipinski definition) is 2. The predicted molar refractivity (Wildman–Crippen MR) is 150 cm³/mol. The Morgan fingerprint density at radius 3 is 2.23 bits per heavy atom. The van der Waals surface area contributed by atoms with Gasteiger partial charge in [0.25, 0.3) is 11.8 Å². The highest BCUT2D eigenvalue weighted by molar-refractivity contribution is 6.06. The fourth-order valence-electron chi connectivity index (χ4n) is 4.53. The molecule has 9 heteroatoms. The van der Waals surface area contributed by atoms with Crippen LogP contribution in [0.4, 0.5) is 20.6 Å². The number of urea groups is 1. The lowest BCUT2D eigenvalue weighted by Crippen LogP contribution is -2.53. The summed E-state index contributed by atoms with van der Waals surface area (Å²) in [6.45, 7) is 6.38. The van der Waals surface area contributed by atoms with Crippen LogP contribution in [0.15, 0.2) is 72.8 Å². The van der Waals surface area contributed by atoms with E-state index >= 15 is 0 Å². The first-order valence-electron chi connectivity index (χ1n) is 13.0. The summed E-state index contributed by atoms with van der Waals surface area (Å²) in [5, 5.41) is 5.64. The molecule has 0 atom stereocenters. The number of hydrogen-bond acceptors (Lipinski definition) is 4. The van der Waals surface area contributed by atoms with Crippen molar-refractivity contribution in [2.45, 2.75) is 26.4 Å². The van der Waals surface area contributed by atoms with Gasteiger partial charge in [-0.2, -0.15) is 0 Å². The second-order valence-electron chi connectivity index (χ2n) is 9.89. The predicted octanol–water partition coefficient (Wildman–Crippen LogP) is 4.59. The van der Waals surface area contributed by atoms with Crippen LogP contribution in [0.1, 0.15) is 40.1 Å². The Morgan fingerprint density at radius 1 is 0.897 bits per heavy atom. The van der Waals surface area contributed by atoms with Crippen LogP contribution in [-0.4, -0.2) is 66.9 Å². The third kappa shape index (κ3) is 6.93. The highest BCUT2D eigenvalue weighted by Gasteiger charge is 2.26. The van der Waals surface area contributed by atoms with Crippen molar-refractivity contribution in [1.29, 1.82) is 0 Å². The summed E-state index contributed by atoms with van der Waals surface area (Å²) in [5.41, 5.74) is 2.43. The summed E-state index contributed by atoms with van der Waals surface area (Å²) in [7, 11) is 1.73. The van der Waals surface area contributed by atoms with E-state index in [1.807, 2.05) is 44.2 Å². The zero-order chi connectivity index (χ0) is 27.9. The van der Waals surface area contributed by atoms with E-state index < -0.39 is 11.7 Å². The number of carbonyl (C=O) groups excluding carboxylic acids is 3. The maximum Gasteiger partial charge on any atom is 0.317 e. The number of rotatable bonds is 7. The molecule has 8 nitrogen and oxygen atoms in total. The summed E-state index contributed by atoms with van der Waals surface area (Å²) in [6, 6.07) is 20.5. The topological polar surface area (TPSA) is 85.0 Å². The van der Waals surface area contributed by atoms with Crippen molar-refractivity contribution in [1.82, 2.24) is 15.1 Å².